The van der Waals surface area contributed by atoms with E-state index < -0.39 is 0 Å². The summed E-state index contributed by atoms with van der Waals surface area (Å²) in [6.07, 6.45) is 10.6. The third-order valence-corrected chi connectivity index (χ3v) is 7.36. The topological polar surface area (TPSA) is 39.7 Å². The van der Waals surface area contributed by atoms with Gasteiger partial charge in [-0.15, -0.1) is 0 Å². The van der Waals surface area contributed by atoms with Crippen molar-refractivity contribution < 1.29 is 4.79 Å². The molecule has 1 aromatic carbocycles. The first-order valence-corrected chi connectivity index (χ1v) is 13.4. The Bertz CT molecular complexity index is 910. The highest BCUT2D eigenvalue weighted by atomic mass is 16.2. The van der Waals surface area contributed by atoms with Crippen LogP contribution < -0.4 is 4.90 Å². The summed E-state index contributed by atoms with van der Waals surface area (Å²) >= 11 is 0. The Balaban J connectivity index is 1.52. The highest BCUT2D eigenvalue weighted by molar-refractivity contribution is 5.95. The lowest BCUT2D eigenvalue weighted by Crippen LogP contribution is -2.42. The lowest BCUT2D eigenvalue weighted by Gasteiger charge is -2.29. The van der Waals surface area contributed by atoms with Gasteiger partial charge in [0.25, 0.3) is 5.91 Å². The van der Waals surface area contributed by atoms with Crippen molar-refractivity contribution in [2.45, 2.75) is 77.3 Å². The molecule has 5 heteroatoms. The lowest BCUT2D eigenvalue weighted by atomic mass is 10.1. The summed E-state index contributed by atoms with van der Waals surface area (Å²) in [4.78, 5) is 25.6. The summed E-state index contributed by atoms with van der Waals surface area (Å²) < 4.78 is 0. The third-order valence-electron chi connectivity index (χ3n) is 7.36. The maximum Gasteiger partial charge on any atom is 0.254 e. The normalized spacial score (nSPS) is 18.5. The van der Waals surface area contributed by atoms with Crippen LogP contribution in [0, 0.1) is 0 Å². The molecule has 184 valence electrons. The molecule has 4 rings (SSSR count). The van der Waals surface area contributed by atoms with Gasteiger partial charge in [-0.3, -0.25) is 4.79 Å². The molecule has 2 aliphatic rings. The van der Waals surface area contributed by atoms with E-state index in [9.17, 15) is 4.79 Å². The molecule has 1 atom stereocenters. The fourth-order valence-corrected chi connectivity index (χ4v) is 5.41. The number of amides is 1. The zero-order chi connectivity index (χ0) is 23.8. The summed E-state index contributed by atoms with van der Waals surface area (Å²) in [6.45, 7) is 7.29. The van der Waals surface area contributed by atoms with Gasteiger partial charge in [-0.05, 0) is 69.3 Å². The molecule has 34 heavy (non-hydrogen) atoms. The zero-order valence-corrected chi connectivity index (χ0v) is 21.2. The number of nitrogens with zero attached hydrogens (tertiary/aromatic N) is 4. The van der Waals surface area contributed by atoms with Crippen molar-refractivity contribution >= 4 is 11.7 Å². The molecular formula is C29H42N4O. The summed E-state index contributed by atoms with van der Waals surface area (Å²) in [7, 11) is 2.08. The van der Waals surface area contributed by atoms with Gasteiger partial charge >= 0.3 is 0 Å². The maximum absolute atomic E-state index is 13.8. The number of aryl methyl sites for hydroxylation is 1. The number of unbranched alkanes of at least 4 members (excludes halogenated alkanes) is 3. The Morgan fingerprint density at radius 1 is 1.03 bits per heavy atom. The van der Waals surface area contributed by atoms with E-state index in [1.54, 1.807) is 0 Å². The molecule has 0 bridgehead atoms. The van der Waals surface area contributed by atoms with Crippen molar-refractivity contribution in [2.75, 3.05) is 38.1 Å². The predicted molar refractivity (Wildman–Crippen MR) is 140 cm³/mol. The lowest BCUT2D eigenvalue weighted by molar-refractivity contribution is 0.0708. The second-order valence-corrected chi connectivity index (χ2v) is 10.2. The van der Waals surface area contributed by atoms with Crippen molar-refractivity contribution in [1.82, 2.24) is 14.8 Å². The zero-order valence-electron chi connectivity index (χ0n) is 21.2. The van der Waals surface area contributed by atoms with Crippen LogP contribution >= 0.6 is 0 Å². The molecule has 0 unspecified atom stereocenters. The predicted octanol–water partition coefficient (Wildman–Crippen LogP) is 5.54. The molecule has 0 N–H and O–H groups in total. The SMILES string of the molecule is CCCCCCc1cc(C(=O)N2CCC[C@H]2CN2CCCC2)cc(N(C)Cc2ccccc2)n1. The Labute approximate surface area is 206 Å². The van der Waals surface area contributed by atoms with Crippen molar-refractivity contribution in [3.63, 3.8) is 0 Å². The van der Waals surface area contributed by atoms with Crippen LogP contribution in [-0.2, 0) is 13.0 Å². The van der Waals surface area contributed by atoms with E-state index >= 15 is 0 Å². The van der Waals surface area contributed by atoms with Crippen LogP contribution in [0.1, 0.15) is 79.9 Å². The van der Waals surface area contributed by atoms with Gasteiger partial charge in [-0.1, -0.05) is 56.5 Å². The van der Waals surface area contributed by atoms with E-state index in [4.69, 9.17) is 4.98 Å². The summed E-state index contributed by atoms with van der Waals surface area (Å²) in [5.41, 5.74) is 3.11. The van der Waals surface area contributed by atoms with Crippen molar-refractivity contribution in [3.8, 4) is 0 Å². The average molecular weight is 463 g/mol. The number of aromatic nitrogens is 1. The van der Waals surface area contributed by atoms with Crippen LogP contribution in [0.4, 0.5) is 5.82 Å². The molecule has 2 aliphatic heterocycles. The number of hydrogen-bond donors (Lipinski definition) is 0. The Kier molecular flexibility index (Phi) is 8.97. The molecule has 0 spiro atoms. The first-order chi connectivity index (χ1) is 16.6. The molecule has 0 aliphatic carbocycles. The molecular weight excluding hydrogens is 420 g/mol. The van der Waals surface area contributed by atoms with Gasteiger partial charge in [0.2, 0.25) is 0 Å². The molecule has 2 aromatic rings. The number of hydrogen-bond acceptors (Lipinski definition) is 4. The van der Waals surface area contributed by atoms with Gasteiger partial charge < -0.3 is 14.7 Å². The standard InChI is InChI=1S/C29H42N4O/c1-3-4-5-9-15-26-20-25(21-28(30-26)31(2)22-24-13-7-6-8-14-24)29(34)33-19-12-16-27(33)23-32-17-10-11-18-32/h6-8,13-14,20-21,27H,3-5,9-12,15-19,22-23H2,1-2H3/t27-/m0/s1. The van der Waals surface area contributed by atoms with E-state index in [1.807, 2.05) is 12.1 Å². The molecule has 1 aromatic heterocycles. The Morgan fingerprint density at radius 2 is 1.82 bits per heavy atom. The molecule has 0 radical (unpaired) electrons. The van der Waals surface area contributed by atoms with E-state index in [-0.39, 0.29) is 5.91 Å². The fraction of sp³-hybridized carbons (Fsp3) is 0.586. The number of carbonyl (C=O) groups is 1. The summed E-state index contributed by atoms with van der Waals surface area (Å²) in [5.74, 6) is 1.09. The fourth-order valence-electron chi connectivity index (χ4n) is 5.41. The maximum atomic E-state index is 13.8. The quantitative estimate of drug-likeness (QED) is 0.411. The summed E-state index contributed by atoms with van der Waals surface area (Å²) in [5, 5.41) is 0. The number of benzene rings is 1. The number of likely N-dealkylation sites (tertiary alicyclic amines) is 2. The van der Waals surface area contributed by atoms with Crippen molar-refractivity contribution in [3.05, 3.63) is 59.3 Å². The van der Waals surface area contributed by atoms with Crippen LogP contribution in [-0.4, -0.2) is 60.0 Å². The van der Waals surface area contributed by atoms with E-state index in [2.05, 4.69) is 59.0 Å². The second kappa shape index (κ2) is 12.3. The van der Waals surface area contributed by atoms with Gasteiger partial charge in [0.1, 0.15) is 5.82 Å². The Hall–Kier alpha value is -2.40. The highest BCUT2D eigenvalue weighted by Gasteiger charge is 2.32. The van der Waals surface area contributed by atoms with Crippen LogP contribution in [0.25, 0.3) is 0 Å². The first-order valence-electron chi connectivity index (χ1n) is 13.4. The van der Waals surface area contributed by atoms with Crippen LogP contribution in [0.2, 0.25) is 0 Å². The minimum Gasteiger partial charge on any atom is -0.355 e. The van der Waals surface area contributed by atoms with Gasteiger partial charge in [0.05, 0.1) is 0 Å². The average Bonchev–Trinajstić information content (AvgIpc) is 3.54. The third kappa shape index (κ3) is 6.59. The van der Waals surface area contributed by atoms with E-state index in [0.717, 1.165) is 62.4 Å². The van der Waals surface area contributed by atoms with E-state index in [0.29, 0.717) is 6.04 Å². The smallest absolute Gasteiger partial charge is 0.254 e. The number of pyridine rings is 1. The van der Waals surface area contributed by atoms with Gasteiger partial charge in [-0.2, -0.15) is 0 Å². The molecule has 0 saturated carbocycles. The summed E-state index contributed by atoms with van der Waals surface area (Å²) in [6, 6.07) is 14.9. The van der Waals surface area contributed by atoms with Crippen LogP contribution in [0.15, 0.2) is 42.5 Å². The molecule has 3 heterocycles. The molecule has 2 saturated heterocycles. The van der Waals surface area contributed by atoms with Crippen LogP contribution in [0.3, 0.4) is 0 Å². The molecule has 1 amide bonds. The van der Waals surface area contributed by atoms with Crippen molar-refractivity contribution in [1.29, 1.82) is 0 Å². The molecule has 2 fully saturated rings. The minimum absolute atomic E-state index is 0.188. The second-order valence-electron chi connectivity index (χ2n) is 10.2. The number of anilines is 1. The monoisotopic (exact) mass is 462 g/mol. The highest BCUT2D eigenvalue weighted by Crippen LogP contribution is 2.25. The largest absolute Gasteiger partial charge is 0.355 e. The Morgan fingerprint density at radius 3 is 2.59 bits per heavy atom. The van der Waals surface area contributed by atoms with Gasteiger partial charge in [0, 0.05) is 44.0 Å². The number of carbonyl (C=O) groups excluding carboxylic acids is 1. The number of rotatable bonds is 11. The van der Waals surface area contributed by atoms with E-state index in [1.165, 1.54) is 50.8 Å². The minimum atomic E-state index is 0.188. The van der Waals surface area contributed by atoms with Crippen molar-refractivity contribution in [2.24, 2.45) is 0 Å². The first kappa shape index (κ1) is 24.7. The molecule has 5 nitrogen and oxygen atoms in total. The van der Waals surface area contributed by atoms with Gasteiger partial charge in [0.15, 0.2) is 0 Å². The van der Waals surface area contributed by atoms with Gasteiger partial charge in [-0.25, -0.2) is 4.98 Å². The van der Waals surface area contributed by atoms with Crippen LogP contribution in [0.5, 0.6) is 0 Å².